The number of rotatable bonds is 3. The number of unbranched alkanes of at least 4 members (excludes halogenated alkanes) is 1. The Kier molecular flexibility index (Phi) is 5.47. The van der Waals surface area contributed by atoms with E-state index in [0.717, 1.165) is 19.0 Å². The summed E-state index contributed by atoms with van der Waals surface area (Å²) in [5, 5.41) is 8.86. The van der Waals surface area contributed by atoms with E-state index in [1.54, 1.807) is 7.05 Å². The van der Waals surface area contributed by atoms with Gasteiger partial charge in [-0.2, -0.15) is 0 Å². The summed E-state index contributed by atoms with van der Waals surface area (Å²) in [5.74, 6) is 1.47. The summed E-state index contributed by atoms with van der Waals surface area (Å²) >= 11 is 0. The molecule has 15 heavy (non-hydrogen) atoms. The van der Waals surface area contributed by atoms with Crippen LogP contribution in [-0.2, 0) is 0 Å². The van der Waals surface area contributed by atoms with Crippen LogP contribution < -0.4 is 5.48 Å². The summed E-state index contributed by atoms with van der Waals surface area (Å²) in [4.78, 5) is 6.11. The molecule has 0 aromatic heterocycles. The van der Waals surface area contributed by atoms with Crippen molar-refractivity contribution in [2.75, 3.05) is 20.1 Å². The van der Waals surface area contributed by atoms with Crippen molar-refractivity contribution in [1.29, 1.82) is 0 Å². The third-order valence-corrected chi connectivity index (χ3v) is 3.19. The van der Waals surface area contributed by atoms with Crippen LogP contribution in [-0.4, -0.2) is 36.2 Å². The fourth-order valence-electron chi connectivity index (χ4n) is 2.19. The molecule has 0 amide bonds. The van der Waals surface area contributed by atoms with Crippen LogP contribution in [0.2, 0.25) is 0 Å². The van der Waals surface area contributed by atoms with E-state index in [-0.39, 0.29) is 0 Å². The number of piperidine rings is 1. The third-order valence-electron chi connectivity index (χ3n) is 3.19. The molecule has 1 heterocycles. The largest absolute Gasteiger partial charge is 0.341 e. The molecule has 1 rings (SSSR count). The van der Waals surface area contributed by atoms with Gasteiger partial charge in [-0.1, -0.05) is 26.2 Å². The summed E-state index contributed by atoms with van der Waals surface area (Å²) < 4.78 is 0. The Balaban J connectivity index is 2.29. The number of likely N-dealkylation sites (tertiary alicyclic amines) is 1. The minimum absolute atomic E-state index is 0.601. The highest BCUT2D eigenvalue weighted by Crippen LogP contribution is 2.22. The Hall–Kier alpha value is -0.770. The SMILES string of the molecule is CCCCC1CCN(C(=NC)NO)CC1. The number of guanidine groups is 1. The van der Waals surface area contributed by atoms with Gasteiger partial charge in [0, 0.05) is 20.1 Å². The fourth-order valence-corrected chi connectivity index (χ4v) is 2.19. The summed E-state index contributed by atoms with van der Waals surface area (Å²) in [6, 6.07) is 0. The van der Waals surface area contributed by atoms with E-state index in [9.17, 15) is 0 Å². The highest BCUT2D eigenvalue weighted by atomic mass is 16.5. The van der Waals surface area contributed by atoms with Crippen molar-refractivity contribution in [2.45, 2.75) is 39.0 Å². The third kappa shape index (κ3) is 3.70. The fraction of sp³-hybridized carbons (Fsp3) is 0.909. The first-order valence-corrected chi connectivity index (χ1v) is 5.93. The molecule has 2 N–H and O–H groups in total. The average molecular weight is 213 g/mol. The first kappa shape index (κ1) is 12.3. The average Bonchev–Trinajstić information content (AvgIpc) is 2.29. The van der Waals surface area contributed by atoms with Gasteiger partial charge < -0.3 is 4.90 Å². The van der Waals surface area contributed by atoms with E-state index in [1.165, 1.54) is 32.1 Å². The number of hydrogen-bond acceptors (Lipinski definition) is 2. The Morgan fingerprint density at radius 1 is 1.47 bits per heavy atom. The van der Waals surface area contributed by atoms with Crippen molar-refractivity contribution >= 4 is 5.96 Å². The molecule has 0 spiro atoms. The van der Waals surface area contributed by atoms with Gasteiger partial charge in [-0.15, -0.1) is 0 Å². The van der Waals surface area contributed by atoms with Gasteiger partial charge in [0.25, 0.3) is 0 Å². The van der Waals surface area contributed by atoms with E-state index in [0.29, 0.717) is 5.96 Å². The molecule has 0 radical (unpaired) electrons. The quantitative estimate of drug-likeness (QED) is 0.427. The molecule has 4 nitrogen and oxygen atoms in total. The molecule has 0 aliphatic carbocycles. The maximum Gasteiger partial charge on any atom is 0.217 e. The Morgan fingerprint density at radius 3 is 2.60 bits per heavy atom. The topological polar surface area (TPSA) is 47.9 Å². The molecule has 1 saturated heterocycles. The van der Waals surface area contributed by atoms with Crippen LogP contribution in [0.15, 0.2) is 4.99 Å². The van der Waals surface area contributed by atoms with E-state index < -0.39 is 0 Å². The minimum Gasteiger partial charge on any atom is -0.341 e. The van der Waals surface area contributed by atoms with E-state index in [2.05, 4.69) is 22.3 Å². The second-order valence-electron chi connectivity index (χ2n) is 4.23. The van der Waals surface area contributed by atoms with Gasteiger partial charge in [0.15, 0.2) is 0 Å². The van der Waals surface area contributed by atoms with Crippen LogP contribution in [0.3, 0.4) is 0 Å². The number of aliphatic imine (C=N–C) groups is 1. The highest BCUT2D eigenvalue weighted by molar-refractivity contribution is 5.78. The molecule has 1 aliphatic rings. The molecule has 0 saturated carbocycles. The van der Waals surface area contributed by atoms with Gasteiger partial charge in [0.05, 0.1) is 0 Å². The summed E-state index contributed by atoms with van der Waals surface area (Å²) in [6.07, 6.45) is 6.44. The maximum atomic E-state index is 8.86. The van der Waals surface area contributed by atoms with Crippen molar-refractivity contribution in [3.8, 4) is 0 Å². The molecular weight excluding hydrogens is 190 g/mol. The molecule has 0 atom stereocenters. The second kappa shape index (κ2) is 6.67. The van der Waals surface area contributed by atoms with Crippen LogP contribution in [0.4, 0.5) is 0 Å². The van der Waals surface area contributed by atoms with Gasteiger partial charge in [-0.05, 0) is 18.8 Å². The number of hydroxylamine groups is 1. The van der Waals surface area contributed by atoms with E-state index in [1.807, 2.05) is 0 Å². The summed E-state index contributed by atoms with van der Waals surface area (Å²) in [7, 11) is 1.70. The number of hydrogen-bond donors (Lipinski definition) is 2. The van der Waals surface area contributed by atoms with Crippen molar-refractivity contribution in [1.82, 2.24) is 10.4 Å². The van der Waals surface area contributed by atoms with Crippen LogP contribution in [0.5, 0.6) is 0 Å². The lowest BCUT2D eigenvalue weighted by atomic mass is 9.92. The lowest BCUT2D eigenvalue weighted by Crippen LogP contribution is -2.44. The standard InChI is InChI=1S/C11H23N3O/c1-3-4-5-10-6-8-14(9-7-10)11(12-2)13-15/h10,15H,3-9H2,1-2H3,(H,12,13). The van der Waals surface area contributed by atoms with E-state index >= 15 is 0 Å². The molecule has 0 aromatic rings. The van der Waals surface area contributed by atoms with Crippen molar-refractivity contribution in [3.05, 3.63) is 0 Å². The lowest BCUT2D eigenvalue weighted by molar-refractivity contribution is 0.187. The van der Waals surface area contributed by atoms with Gasteiger partial charge in [0.2, 0.25) is 5.96 Å². The van der Waals surface area contributed by atoms with Crippen molar-refractivity contribution in [2.24, 2.45) is 10.9 Å². The van der Waals surface area contributed by atoms with Crippen molar-refractivity contribution < 1.29 is 5.21 Å². The van der Waals surface area contributed by atoms with Crippen molar-refractivity contribution in [3.63, 3.8) is 0 Å². The van der Waals surface area contributed by atoms with Crippen LogP contribution in [0.25, 0.3) is 0 Å². The predicted molar refractivity (Wildman–Crippen MR) is 62.1 cm³/mol. The molecule has 0 aromatic carbocycles. The van der Waals surface area contributed by atoms with Gasteiger partial charge in [-0.25, -0.2) is 5.48 Å². The molecular formula is C11H23N3O. The van der Waals surface area contributed by atoms with Gasteiger partial charge in [-0.3, -0.25) is 10.2 Å². The van der Waals surface area contributed by atoms with Gasteiger partial charge >= 0.3 is 0 Å². The lowest BCUT2D eigenvalue weighted by Gasteiger charge is -2.33. The molecule has 0 unspecified atom stereocenters. The van der Waals surface area contributed by atoms with Gasteiger partial charge in [0.1, 0.15) is 0 Å². The summed E-state index contributed by atoms with van der Waals surface area (Å²) in [6.45, 7) is 4.26. The summed E-state index contributed by atoms with van der Waals surface area (Å²) in [5.41, 5.74) is 2.16. The minimum atomic E-state index is 0.601. The molecule has 4 heteroatoms. The Bertz CT molecular complexity index is 198. The zero-order valence-electron chi connectivity index (χ0n) is 9.87. The monoisotopic (exact) mass is 213 g/mol. The molecule has 1 aliphatic heterocycles. The molecule has 1 fully saturated rings. The van der Waals surface area contributed by atoms with E-state index in [4.69, 9.17) is 5.21 Å². The molecule has 0 bridgehead atoms. The first-order valence-electron chi connectivity index (χ1n) is 5.93. The second-order valence-corrected chi connectivity index (χ2v) is 4.23. The van der Waals surface area contributed by atoms with Crippen LogP contribution in [0, 0.1) is 5.92 Å². The van der Waals surface area contributed by atoms with Crippen LogP contribution >= 0.6 is 0 Å². The zero-order chi connectivity index (χ0) is 11.1. The Labute approximate surface area is 92.3 Å². The number of nitrogens with one attached hydrogen (secondary N) is 1. The zero-order valence-corrected chi connectivity index (χ0v) is 9.87. The highest BCUT2D eigenvalue weighted by Gasteiger charge is 2.20. The number of nitrogens with zero attached hydrogens (tertiary/aromatic N) is 2. The Morgan fingerprint density at radius 2 is 2.13 bits per heavy atom. The van der Waals surface area contributed by atoms with Crippen LogP contribution in [0.1, 0.15) is 39.0 Å². The smallest absolute Gasteiger partial charge is 0.217 e. The normalized spacial score (nSPS) is 19.4. The predicted octanol–water partition coefficient (Wildman–Crippen LogP) is 1.85. The maximum absolute atomic E-state index is 8.86. The molecule has 88 valence electrons. The first-order chi connectivity index (χ1) is 7.31.